The minimum atomic E-state index is -3.63. The highest BCUT2D eigenvalue weighted by Gasteiger charge is 2.32. The van der Waals surface area contributed by atoms with Gasteiger partial charge in [0.25, 0.3) is 0 Å². The summed E-state index contributed by atoms with van der Waals surface area (Å²) in [4.78, 5) is 11.3. The van der Waals surface area contributed by atoms with Crippen molar-refractivity contribution in [2.45, 2.75) is 20.0 Å². The highest BCUT2D eigenvalue weighted by Crippen LogP contribution is 2.19. The summed E-state index contributed by atoms with van der Waals surface area (Å²) < 4.78 is 21.1. The standard InChI is InChI=1S/C8H18N2O5S/c1-8(2,5-11)6(12)7(13)10-3-4-16(9,14)15/h6,11-12H,3-5H2,1-2H3,(H,10,13)(H2,9,14,15)/t6-/m0/s1. The van der Waals surface area contributed by atoms with Crippen LogP contribution in [0, 0.1) is 5.41 Å². The molecule has 0 bridgehead atoms. The van der Waals surface area contributed by atoms with Crippen molar-refractivity contribution in [2.75, 3.05) is 18.9 Å². The fourth-order valence-electron chi connectivity index (χ4n) is 0.855. The molecule has 0 aromatic carbocycles. The van der Waals surface area contributed by atoms with E-state index in [1.807, 2.05) is 0 Å². The number of nitrogens with two attached hydrogens (primary N) is 1. The molecule has 0 radical (unpaired) electrons. The first-order valence-electron chi connectivity index (χ1n) is 4.67. The maximum atomic E-state index is 11.3. The summed E-state index contributed by atoms with van der Waals surface area (Å²) in [5, 5.41) is 25.4. The molecular weight excluding hydrogens is 236 g/mol. The Hall–Kier alpha value is -0.700. The van der Waals surface area contributed by atoms with Gasteiger partial charge in [-0.15, -0.1) is 0 Å². The van der Waals surface area contributed by atoms with Crippen molar-refractivity contribution in [3.63, 3.8) is 0 Å². The van der Waals surface area contributed by atoms with Crippen molar-refractivity contribution >= 4 is 15.9 Å². The lowest BCUT2D eigenvalue weighted by atomic mass is 9.87. The number of nitrogens with one attached hydrogen (secondary N) is 1. The van der Waals surface area contributed by atoms with Crippen LogP contribution in [-0.4, -0.2) is 49.5 Å². The van der Waals surface area contributed by atoms with Gasteiger partial charge in [-0.25, -0.2) is 13.6 Å². The molecule has 8 heteroatoms. The van der Waals surface area contributed by atoms with Crippen LogP contribution in [0.25, 0.3) is 0 Å². The van der Waals surface area contributed by atoms with E-state index in [1.165, 1.54) is 13.8 Å². The summed E-state index contributed by atoms with van der Waals surface area (Å²) in [7, 11) is -3.63. The minimum absolute atomic E-state index is 0.170. The van der Waals surface area contributed by atoms with Gasteiger partial charge in [0.2, 0.25) is 15.9 Å². The Morgan fingerprint density at radius 2 is 2.00 bits per heavy atom. The van der Waals surface area contributed by atoms with Gasteiger partial charge in [0.1, 0.15) is 6.10 Å². The van der Waals surface area contributed by atoms with Gasteiger partial charge >= 0.3 is 0 Å². The fraction of sp³-hybridized carbons (Fsp3) is 0.875. The molecule has 0 saturated carbocycles. The topological polar surface area (TPSA) is 130 Å². The van der Waals surface area contributed by atoms with Gasteiger partial charge in [0.15, 0.2) is 0 Å². The lowest BCUT2D eigenvalue weighted by Gasteiger charge is -2.27. The second kappa shape index (κ2) is 5.58. The molecule has 16 heavy (non-hydrogen) atoms. The monoisotopic (exact) mass is 254 g/mol. The Balaban J connectivity index is 4.18. The molecular formula is C8H18N2O5S. The van der Waals surface area contributed by atoms with Crippen LogP contribution in [0.1, 0.15) is 13.8 Å². The Morgan fingerprint density at radius 3 is 2.38 bits per heavy atom. The van der Waals surface area contributed by atoms with Crippen molar-refractivity contribution < 1.29 is 23.4 Å². The maximum Gasteiger partial charge on any atom is 0.249 e. The number of amides is 1. The van der Waals surface area contributed by atoms with Gasteiger partial charge in [0, 0.05) is 12.0 Å². The number of aliphatic hydroxyl groups is 2. The molecule has 0 aliphatic heterocycles. The van der Waals surface area contributed by atoms with Crippen LogP contribution in [0.4, 0.5) is 0 Å². The van der Waals surface area contributed by atoms with E-state index < -0.39 is 33.2 Å². The van der Waals surface area contributed by atoms with E-state index in [1.54, 1.807) is 0 Å². The summed E-state index contributed by atoms with van der Waals surface area (Å²) in [6, 6.07) is 0. The lowest BCUT2D eigenvalue weighted by Crippen LogP contribution is -2.46. The van der Waals surface area contributed by atoms with E-state index in [-0.39, 0.29) is 13.2 Å². The van der Waals surface area contributed by atoms with E-state index in [0.29, 0.717) is 0 Å². The van der Waals surface area contributed by atoms with Crippen LogP contribution in [-0.2, 0) is 14.8 Å². The van der Waals surface area contributed by atoms with Gasteiger partial charge < -0.3 is 15.5 Å². The molecule has 1 atom stereocenters. The molecule has 0 spiro atoms. The molecule has 0 fully saturated rings. The largest absolute Gasteiger partial charge is 0.396 e. The summed E-state index contributed by atoms with van der Waals surface area (Å²) in [6.07, 6.45) is -1.40. The van der Waals surface area contributed by atoms with E-state index in [0.717, 1.165) is 0 Å². The Labute approximate surface area is 94.7 Å². The number of rotatable bonds is 6. The smallest absolute Gasteiger partial charge is 0.249 e. The van der Waals surface area contributed by atoms with Crippen molar-refractivity contribution in [1.82, 2.24) is 5.32 Å². The van der Waals surface area contributed by atoms with E-state index in [9.17, 15) is 18.3 Å². The molecule has 0 unspecified atom stereocenters. The van der Waals surface area contributed by atoms with Crippen LogP contribution in [0.3, 0.4) is 0 Å². The molecule has 7 nitrogen and oxygen atoms in total. The van der Waals surface area contributed by atoms with E-state index >= 15 is 0 Å². The van der Waals surface area contributed by atoms with Crippen molar-refractivity contribution in [1.29, 1.82) is 0 Å². The zero-order valence-corrected chi connectivity index (χ0v) is 10.1. The van der Waals surface area contributed by atoms with Crippen LogP contribution in [0.2, 0.25) is 0 Å². The number of sulfonamides is 1. The molecule has 0 heterocycles. The molecule has 96 valence electrons. The molecule has 5 N–H and O–H groups in total. The van der Waals surface area contributed by atoms with Gasteiger partial charge in [-0.2, -0.15) is 0 Å². The Morgan fingerprint density at radius 1 is 1.50 bits per heavy atom. The number of hydrogen-bond donors (Lipinski definition) is 4. The summed E-state index contributed by atoms with van der Waals surface area (Å²) in [5.41, 5.74) is -0.980. The number of carbonyl (C=O) groups excluding carboxylic acids is 1. The molecule has 0 aliphatic carbocycles. The van der Waals surface area contributed by atoms with E-state index in [2.05, 4.69) is 5.32 Å². The van der Waals surface area contributed by atoms with Crippen LogP contribution in [0.5, 0.6) is 0 Å². The van der Waals surface area contributed by atoms with Gasteiger partial charge in [0.05, 0.1) is 12.4 Å². The molecule has 1 amide bonds. The molecule has 0 aromatic rings. The van der Waals surface area contributed by atoms with Gasteiger partial charge in [-0.1, -0.05) is 13.8 Å². The van der Waals surface area contributed by atoms with Crippen LogP contribution < -0.4 is 10.5 Å². The number of aliphatic hydroxyl groups excluding tert-OH is 2. The van der Waals surface area contributed by atoms with Crippen molar-refractivity contribution in [3.05, 3.63) is 0 Å². The quantitative estimate of drug-likeness (QED) is 0.426. The number of hydrogen-bond acceptors (Lipinski definition) is 5. The summed E-state index contributed by atoms with van der Waals surface area (Å²) in [6.45, 7) is 2.49. The third-order valence-electron chi connectivity index (χ3n) is 2.08. The molecule has 0 saturated heterocycles. The van der Waals surface area contributed by atoms with Crippen LogP contribution >= 0.6 is 0 Å². The van der Waals surface area contributed by atoms with Crippen LogP contribution in [0.15, 0.2) is 0 Å². The lowest BCUT2D eigenvalue weighted by molar-refractivity contribution is -0.136. The third kappa shape index (κ3) is 5.40. The minimum Gasteiger partial charge on any atom is -0.396 e. The fourth-order valence-corrected chi connectivity index (χ4v) is 1.24. The second-order valence-electron chi connectivity index (χ2n) is 4.21. The van der Waals surface area contributed by atoms with Crippen molar-refractivity contribution in [3.8, 4) is 0 Å². The molecule has 0 rings (SSSR count). The third-order valence-corrected chi connectivity index (χ3v) is 2.86. The first-order chi connectivity index (χ1) is 7.10. The summed E-state index contributed by atoms with van der Waals surface area (Å²) in [5.74, 6) is -1.13. The molecule has 0 aliphatic rings. The zero-order valence-electron chi connectivity index (χ0n) is 9.30. The zero-order chi connectivity index (χ0) is 13.0. The predicted octanol–water partition coefficient (Wildman–Crippen LogP) is -2.23. The van der Waals surface area contributed by atoms with Gasteiger partial charge in [-0.05, 0) is 0 Å². The second-order valence-corrected chi connectivity index (χ2v) is 5.94. The average molecular weight is 254 g/mol. The number of carbonyl (C=O) groups is 1. The average Bonchev–Trinajstić information content (AvgIpc) is 2.14. The highest BCUT2D eigenvalue weighted by atomic mass is 32.2. The molecule has 0 aromatic heterocycles. The Bertz CT molecular complexity index is 338. The first kappa shape index (κ1) is 15.3. The maximum absolute atomic E-state index is 11.3. The first-order valence-corrected chi connectivity index (χ1v) is 6.39. The SMILES string of the molecule is CC(C)(CO)[C@@H](O)C(=O)NCCS(N)(=O)=O. The van der Waals surface area contributed by atoms with Crippen molar-refractivity contribution in [2.24, 2.45) is 10.6 Å². The predicted molar refractivity (Wildman–Crippen MR) is 57.9 cm³/mol. The number of primary sulfonamides is 1. The highest BCUT2D eigenvalue weighted by molar-refractivity contribution is 7.89. The normalized spacial score (nSPS) is 14.6. The van der Waals surface area contributed by atoms with E-state index in [4.69, 9.17) is 10.2 Å². The summed E-state index contributed by atoms with van der Waals surface area (Å²) >= 11 is 0. The van der Waals surface area contributed by atoms with Gasteiger partial charge in [-0.3, -0.25) is 4.79 Å². The Kier molecular flexibility index (Phi) is 5.33.